The molecular formula is C12H24N4OS. The zero-order valence-corrected chi connectivity index (χ0v) is 12.4. The molecule has 0 unspecified atom stereocenters. The first-order valence-corrected chi connectivity index (χ1v) is 6.79. The van der Waals surface area contributed by atoms with Gasteiger partial charge in [-0.05, 0) is 20.9 Å². The van der Waals surface area contributed by atoms with E-state index >= 15 is 0 Å². The highest BCUT2D eigenvalue weighted by molar-refractivity contribution is 7.80. The normalized spacial score (nSPS) is 17.5. The van der Waals surface area contributed by atoms with Crippen LogP contribution in [0.15, 0.2) is 0 Å². The fourth-order valence-electron chi connectivity index (χ4n) is 1.95. The van der Waals surface area contributed by atoms with Gasteiger partial charge in [-0.1, -0.05) is 12.2 Å². The highest BCUT2D eigenvalue weighted by Crippen LogP contribution is 2.04. The zero-order chi connectivity index (χ0) is 13.7. The van der Waals surface area contributed by atoms with Crippen LogP contribution in [0.3, 0.4) is 0 Å². The van der Waals surface area contributed by atoms with Crippen LogP contribution < -0.4 is 5.73 Å². The Morgan fingerprint density at radius 2 is 1.83 bits per heavy atom. The fraction of sp³-hybridized carbons (Fsp3) is 0.833. The predicted octanol–water partition coefficient (Wildman–Crippen LogP) is -0.243. The van der Waals surface area contributed by atoms with E-state index in [0.29, 0.717) is 18.1 Å². The predicted molar refractivity (Wildman–Crippen MR) is 77.6 cm³/mol. The molecule has 0 radical (unpaired) electrons. The van der Waals surface area contributed by atoms with E-state index in [1.807, 2.05) is 9.80 Å². The Balaban J connectivity index is 2.48. The highest BCUT2D eigenvalue weighted by Gasteiger charge is 2.22. The molecule has 1 heterocycles. The largest absolute Gasteiger partial charge is 0.392 e. The molecule has 1 aliphatic rings. The molecule has 1 fully saturated rings. The molecule has 0 bridgehead atoms. The topological polar surface area (TPSA) is 52.8 Å². The molecule has 1 saturated heterocycles. The van der Waals surface area contributed by atoms with Crippen LogP contribution in [0.25, 0.3) is 0 Å². The monoisotopic (exact) mass is 272 g/mol. The number of nitrogens with two attached hydrogens (primary N) is 1. The zero-order valence-electron chi connectivity index (χ0n) is 11.6. The second kappa shape index (κ2) is 7.01. The molecule has 2 N–H and O–H groups in total. The van der Waals surface area contributed by atoms with E-state index in [1.165, 1.54) is 0 Å². The number of thiocarbonyl (C=S) groups is 1. The van der Waals surface area contributed by atoms with Crippen molar-refractivity contribution in [1.82, 2.24) is 14.7 Å². The summed E-state index contributed by atoms with van der Waals surface area (Å²) in [6.45, 7) is 8.53. The lowest BCUT2D eigenvalue weighted by atomic mass is 10.2. The Kier molecular flexibility index (Phi) is 5.98. The number of carbonyl (C=O) groups is 1. The Morgan fingerprint density at radius 1 is 1.28 bits per heavy atom. The van der Waals surface area contributed by atoms with Crippen LogP contribution >= 0.6 is 12.2 Å². The molecule has 1 amide bonds. The van der Waals surface area contributed by atoms with Crippen molar-refractivity contribution in [2.24, 2.45) is 5.73 Å². The Hall–Kier alpha value is -0.720. The van der Waals surface area contributed by atoms with E-state index in [9.17, 15) is 4.79 Å². The van der Waals surface area contributed by atoms with Crippen molar-refractivity contribution in [1.29, 1.82) is 0 Å². The third kappa shape index (κ3) is 4.88. The van der Waals surface area contributed by atoms with Crippen LogP contribution in [0.5, 0.6) is 0 Å². The molecule has 5 nitrogen and oxygen atoms in total. The maximum atomic E-state index is 12.2. The van der Waals surface area contributed by atoms with Crippen molar-refractivity contribution in [2.45, 2.75) is 19.9 Å². The van der Waals surface area contributed by atoms with Crippen LogP contribution in [-0.2, 0) is 4.79 Å². The lowest BCUT2D eigenvalue weighted by Crippen LogP contribution is -2.51. The van der Waals surface area contributed by atoms with E-state index in [2.05, 4.69) is 25.8 Å². The van der Waals surface area contributed by atoms with Gasteiger partial charge in [-0.15, -0.1) is 0 Å². The van der Waals surface area contributed by atoms with Crippen molar-refractivity contribution in [3.8, 4) is 0 Å². The molecule has 0 spiro atoms. The minimum absolute atomic E-state index is 0.174. The fourth-order valence-corrected chi connectivity index (χ4v) is 2.12. The second-order valence-corrected chi connectivity index (χ2v) is 5.67. The van der Waals surface area contributed by atoms with Crippen molar-refractivity contribution < 1.29 is 4.79 Å². The van der Waals surface area contributed by atoms with Crippen LogP contribution in [0.2, 0.25) is 0 Å². The van der Waals surface area contributed by atoms with E-state index in [-0.39, 0.29) is 11.9 Å². The van der Waals surface area contributed by atoms with Crippen molar-refractivity contribution >= 4 is 23.1 Å². The number of likely N-dealkylation sites (N-methyl/N-ethyl adjacent to an activating group) is 1. The van der Waals surface area contributed by atoms with Crippen LogP contribution in [0.1, 0.15) is 13.8 Å². The minimum Gasteiger partial charge on any atom is -0.392 e. The van der Waals surface area contributed by atoms with Gasteiger partial charge in [-0.25, -0.2) is 0 Å². The molecule has 104 valence electrons. The average Bonchev–Trinajstić information content (AvgIpc) is 2.28. The number of amides is 1. The molecule has 0 saturated carbocycles. The van der Waals surface area contributed by atoms with Gasteiger partial charge in [0.2, 0.25) is 5.91 Å². The van der Waals surface area contributed by atoms with Crippen LogP contribution in [-0.4, -0.2) is 78.0 Å². The Morgan fingerprint density at radius 3 is 2.28 bits per heavy atom. The maximum absolute atomic E-state index is 12.2. The summed E-state index contributed by atoms with van der Waals surface area (Å²) < 4.78 is 0. The van der Waals surface area contributed by atoms with Gasteiger partial charge in [0, 0.05) is 38.8 Å². The quantitative estimate of drug-likeness (QED) is 0.700. The number of rotatable bonds is 5. The van der Waals surface area contributed by atoms with Crippen LogP contribution in [0.4, 0.5) is 0 Å². The summed E-state index contributed by atoms with van der Waals surface area (Å²) in [5, 5.41) is 0. The summed E-state index contributed by atoms with van der Waals surface area (Å²) >= 11 is 4.92. The van der Waals surface area contributed by atoms with Gasteiger partial charge >= 0.3 is 0 Å². The molecule has 1 rings (SSSR count). The van der Waals surface area contributed by atoms with Gasteiger partial charge in [0.25, 0.3) is 0 Å². The van der Waals surface area contributed by atoms with Crippen molar-refractivity contribution in [3.63, 3.8) is 0 Å². The molecule has 0 aromatic carbocycles. The summed E-state index contributed by atoms with van der Waals surface area (Å²) in [6, 6.07) is 0.267. The van der Waals surface area contributed by atoms with E-state index < -0.39 is 0 Å². The Labute approximate surface area is 115 Å². The minimum atomic E-state index is 0.174. The summed E-state index contributed by atoms with van der Waals surface area (Å²) in [4.78, 5) is 18.8. The molecule has 0 atom stereocenters. The summed E-state index contributed by atoms with van der Waals surface area (Å²) in [7, 11) is 2.08. The number of carbonyl (C=O) groups excluding carboxylic acids is 1. The van der Waals surface area contributed by atoms with Gasteiger partial charge in [0.15, 0.2) is 0 Å². The molecule has 6 heteroatoms. The molecular weight excluding hydrogens is 248 g/mol. The summed E-state index contributed by atoms with van der Waals surface area (Å²) in [5.41, 5.74) is 5.56. The second-order valence-electron chi connectivity index (χ2n) is 5.15. The third-order valence-corrected chi connectivity index (χ3v) is 3.41. The standard InChI is InChI=1S/C12H24N4OS/c1-10(2)16(8-11(13)18)9-12(17)15-6-4-14(3)5-7-15/h10H,4-9H2,1-3H3,(H2,13,18). The van der Waals surface area contributed by atoms with Gasteiger partial charge in [-0.2, -0.15) is 0 Å². The lowest BCUT2D eigenvalue weighted by Gasteiger charge is -2.34. The number of hydrogen-bond donors (Lipinski definition) is 1. The Bertz CT molecular complexity index is 300. The van der Waals surface area contributed by atoms with Crippen LogP contribution in [0, 0.1) is 0 Å². The summed E-state index contributed by atoms with van der Waals surface area (Å²) in [6.07, 6.45) is 0. The highest BCUT2D eigenvalue weighted by atomic mass is 32.1. The van der Waals surface area contributed by atoms with E-state index in [1.54, 1.807) is 0 Å². The lowest BCUT2D eigenvalue weighted by molar-refractivity contribution is -0.134. The smallest absolute Gasteiger partial charge is 0.236 e. The van der Waals surface area contributed by atoms with E-state index in [4.69, 9.17) is 18.0 Å². The average molecular weight is 272 g/mol. The maximum Gasteiger partial charge on any atom is 0.236 e. The van der Waals surface area contributed by atoms with Gasteiger partial charge in [0.05, 0.1) is 11.5 Å². The number of nitrogens with zero attached hydrogens (tertiary/aromatic N) is 3. The first-order chi connectivity index (χ1) is 8.40. The first-order valence-electron chi connectivity index (χ1n) is 6.39. The molecule has 0 aliphatic carbocycles. The molecule has 18 heavy (non-hydrogen) atoms. The van der Waals surface area contributed by atoms with Gasteiger partial charge in [-0.3, -0.25) is 9.69 Å². The van der Waals surface area contributed by atoms with E-state index in [0.717, 1.165) is 26.2 Å². The van der Waals surface area contributed by atoms with Gasteiger partial charge in [0.1, 0.15) is 0 Å². The van der Waals surface area contributed by atoms with Crippen molar-refractivity contribution in [3.05, 3.63) is 0 Å². The molecule has 0 aromatic heterocycles. The number of hydrogen-bond acceptors (Lipinski definition) is 4. The number of piperazine rings is 1. The SMILES string of the molecule is CC(C)N(CC(=O)N1CCN(C)CC1)CC(N)=S. The first kappa shape index (κ1) is 15.3. The molecule has 1 aliphatic heterocycles. The molecule has 0 aromatic rings. The third-order valence-electron chi connectivity index (χ3n) is 3.28. The summed E-state index contributed by atoms with van der Waals surface area (Å²) in [5.74, 6) is 0.174. The van der Waals surface area contributed by atoms with Gasteiger partial charge < -0.3 is 15.5 Å². The van der Waals surface area contributed by atoms with Crippen molar-refractivity contribution in [2.75, 3.05) is 46.3 Å².